The van der Waals surface area contributed by atoms with E-state index in [9.17, 15) is 9.59 Å². The van der Waals surface area contributed by atoms with Crippen molar-refractivity contribution in [2.45, 2.75) is 6.04 Å². The monoisotopic (exact) mass is 230 g/mol. The molecule has 0 aromatic rings. The number of nitrogens with zero attached hydrogens (tertiary/aromatic N) is 2. The van der Waals surface area contributed by atoms with Crippen molar-refractivity contribution >= 4 is 23.8 Å². The molecule has 15 heavy (non-hydrogen) atoms. The summed E-state index contributed by atoms with van der Waals surface area (Å²) in [7, 11) is 1.63. The van der Waals surface area contributed by atoms with Crippen molar-refractivity contribution in [2.75, 3.05) is 25.2 Å². The SMILES string of the molecule is C=CCN(C)C(=O)N1CSCC1C(=O)O. The van der Waals surface area contributed by atoms with Gasteiger partial charge in [0.1, 0.15) is 6.04 Å². The minimum atomic E-state index is -0.944. The number of carbonyl (C=O) groups excluding carboxylic acids is 1. The van der Waals surface area contributed by atoms with Gasteiger partial charge in [-0.25, -0.2) is 9.59 Å². The van der Waals surface area contributed by atoms with Crippen LogP contribution in [-0.4, -0.2) is 58.2 Å². The molecule has 0 aromatic carbocycles. The maximum atomic E-state index is 11.8. The largest absolute Gasteiger partial charge is 0.480 e. The van der Waals surface area contributed by atoms with E-state index in [2.05, 4.69) is 6.58 Å². The van der Waals surface area contributed by atoms with Crippen LogP contribution in [0.4, 0.5) is 4.79 Å². The van der Waals surface area contributed by atoms with Crippen LogP contribution in [-0.2, 0) is 4.79 Å². The van der Waals surface area contributed by atoms with Crippen molar-refractivity contribution in [1.82, 2.24) is 9.80 Å². The predicted molar refractivity (Wildman–Crippen MR) is 58.8 cm³/mol. The van der Waals surface area contributed by atoms with E-state index >= 15 is 0 Å². The van der Waals surface area contributed by atoms with Gasteiger partial charge in [0.05, 0.1) is 5.88 Å². The normalized spacial score (nSPS) is 20.1. The Morgan fingerprint density at radius 2 is 2.40 bits per heavy atom. The number of carboxylic acid groups (broad SMARTS) is 1. The maximum absolute atomic E-state index is 11.8. The van der Waals surface area contributed by atoms with E-state index in [0.717, 1.165) is 0 Å². The Labute approximate surface area is 92.7 Å². The van der Waals surface area contributed by atoms with Crippen LogP contribution in [0.5, 0.6) is 0 Å². The molecule has 0 radical (unpaired) electrons. The number of carboxylic acids is 1. The number of aliphatic carboxylic acids is 1. The highest BCUT2D eigenvalue weighted by atomic mass is 32.2. The molecule has 1 unspecified atom stereocenters. The second-order valence-corrected chi connectivity index (χ2v) is 4.28. The fraction of sp³-hybridized carbons (Fsp3) is 0.556. The molecule has 1 rings (SSSR count). The third-order valence-electron chi connectivity index (χ3n) is 2.14. The van der Waals surface area contributed by atoms with E-state index in [1.807, 2.05) is 0 Å². The lowest BCUT2D eigenvalue weighted by molar-refractivity contribution is -0.140. The van der Waals surface area contributed by atoms with Gasteiger partial charge in [-0.05, 0) is 0 Å². The van der Waals surface area contributed by atoms with Crippen LogP contribution < -0.4 is 0 Å². The third kappa shape index (κ3) is 2.65. The molecule has 1 N–H and O–H groups in total. The van der Waals surface area contributed by atoms with Crippen molar-refractivity contribution in [1.29, 1.82) is 0 Å². The molecule has 0 aromatic heterocycles. The van der Waals surface area contributed by atoms with Crippen LogP contribution in [0.2, 0.25) is 0 Å². The number of hydrogen-bond acceptors (Lipinski definition) is 3. The molecule has 1 fully saturated rings. The molecule has 2 amide bonds. The van der Waals surface area contributed by atoms with E-state index in [0.29, 0.717) is 18.2 Å². The quantitative estimate of drug-likeness (QED) is 0.724. The topological polar surface area (TPSA) is 60.9 Å². The van der Waals surface area contributed by atoms with Gasteiger partial charge in [-0.15, -0.1) is 18.3 Å². The highest BCUT2D eigenvalue weighted by molar-refractivity contribution is 7.99. The van der Waals surface area contributed by atoms with Crippen molar-refractivity contribution < 1.29 is 14.7 Å². The van der Waals surface area contributed by atoms with Gasteiger partial charge in [-0.3, -0.25) is 0 Å². The second kappa shape index (κ2) is 5.06. The Morgan fingerprint density at radius 3 is 2.93 bits per heavy atom. The number of urea groups is 1. The summed E-state index contributed by atoms with van der Waals surface area (Å²) in [6.07, 6.45) is 1.61. The number of rotatable bonds is 3. The van der Waals surface area contributed by atoms with Gasteiger partial charge in [0.25, 0.3) is 0 Å². The van der Waals surface area contributed by atoms with Crippen LogP contribution in [0.3, 0.4) is 0 Å². The summed E-state index contributed by atoms with van der Waals surface area (Å²) < 4.78 is 0. The molecule has 6 heteroatoms. The van der Waals surface area contributed by atoms with E-state index < -0.39 is 12.0 Å². The van der Waals surface area contributed by atoms with Gasteiger partial charge >= 0.3 is 12.0 Å². The molecule has 0 spiro atoms. The number of carbonyl (C=O) groups is 2. The lowest BCUT2D eigenvalue weighted by Gasteiger charge is -2.26. The molecule has 1 atom stereocenters. The molecule has 1 heterocycles. The van der Waals surface area contributed by atoms with E-state index in [1.165, 1.54) is 21.6 Å². The molecule has 1 aliphatic heterocycles. The number of likely N-dealkylation sites (N-methyl/N-ethyl adjacent to an activating group) is 1. The van der Waals surface area contributed by atoms with Gasteiger partial charge < -0.3 is 14.9 Å². The Balaban J connectivity index is 2.65. The molecular formula is C9H14N2O3S. The lowest BCUT2D eigenvalue weighted by atomic mass is 10.3. The predicted octanol–water partition coefficient (Wildman–Crippen LogP) is 0.684. The van der Waals surface area contributed by atoms with Crippen LogP contribution >= 0.6 is 11.8 Å². The van der Waals surface area contributed by atoms with E-state index in [4.69, 9.17) is 5.11 Å². The summed E-state index contributed by atoms with van der Waals surface area (Å²) in [5.74, 6) is -0.0411. The Morgan fingerprint density at radius 1 is 1.73 bits per heavy atom. The third-order valence-corrected chi connectivity index (χ3v) is 3.15. The van der Waals surface area contributed by atoms with Crippen LogP contribution in [0.25, 0.3) is 0 Å². The average Bonchev–Trinajstić information content (AvgIpc) is 2.65. The first-order valence-electron chi connectivity index (χ1n) is 4.51. The maximum Gasteiger partial charge on any atom is 0.327 e. The van der Waals surface area contributed by atoms with Gasteiger partial charge in [-0.2, -0.15) is 0 Å². The summed E-state index contributed by atoms with van der Waals surface area (Å²) in [5.41, 5.74) is 0. The smallest absolute Gasteiger partial charge is 0.327 e. The molecule has 84 valence electrons. The number of thioether (sulfide) groups is 1. The molecule has 1 aliphatic rings. The molecule has 0 bridgehead atoms. The molecule has 0 saturated carbocycles. The molecular weight excluding hydrogens is 216 g/mol. The van der Waals surface area contributed by atoms with Gasteiger partial charge in [0.2, 0.25) is 0 Å². The minimum absolute atomic E-state index is 0.257. The Hall–Kier alpha value is -1.17. The average molecular weight is 230 g/mol. The first-order chi connectivity index (χ1) is 7.07. The van der Waals surface area contributed by atoms with E-state index in [1.54, 1.807) is 13.1 Å². The van der Waals surface area contributed by atoms with Crippen molar-refractivity contribution in [3.63, 3.8) is 0 Å². The summed E-state index contributed by atoms with van der Waals surface area (Å²) in [6.45, 7) is 3.95. The number of hydrogen-bond donors (Lipinski definition) is 1. The summed E-state index contributed by atoms with van der Waals surface area (Å²) in [5, 5.41) is 8.90. The minimum Gasteiger partial charge on any atom is -0.480 e. The Bertz CT molecular complexity index is 283. The Kier molecular flexibility index (Phi) is 4.02. The zero-order valence-corrected chi connectivity index (χ0v) is 9.37. The first kappa shape index (κ1) is 11.9. The summed E-state index contributed by atoms with van der Waals surface area (Å²) in [4.78, 5) is 25.5. The highest BCUT2D eigenvalue weighted by Crippen LogP contribution is 2.22. The fourth-order valence-corrected chi connectivity index (χ4v) is 2.47. The van der Waals surface area contributed by atoms with Gasteiger partial charge in [-0.1, -0.05) is 6.08 Å². The van der Waals surface area contributed by atoms with E-state index in [-0.39, 0.29) is 6.03 Å². The van der Waals surface area contributed by atoms with Crippen LogP contribution in [0.15, 0.2) is 12.7 Å². The zero-order valence-electron chi connectivity index (χ0n) is 8.55. The summed E-state index contributed by atoms with van der Waals surface area (Å²) in [6, 6.07) is -0.956. The van der Waals surface area contributed by atoms with Gasteiger partial charge in [0, 0.05) is 19.3 Å². The fourth-order valence-electron chi connectivity index (χ4n) is 1.33. The number of amides is 2. The lowest BCUT2D eigenvalue weighted by Crippen LogP contribution is -2.47. The van der Waals surface area contributed by atoms with Crippen molar-refractivity contribution in [3.8, 4) is 0 Å². The van der Waals surface area contributed by atoms with Gasteiger partial charge in [0.15, 0.2) is 0 Å². The van der Waals surface area contributed by atoms with Crippen molar-refractivity contribution in [3.05, 3.63) is 12.7 Å². The van der Waals surface area contributed by atoms with Crippen molar-refractivity contribution in [2.24, 2.45) is 0 Å². The first-order valence-corrected chi connectivity index (χ1v) is 5.66. The zero-order chi connectivity index (χ0) is 11.4. The van der Waals surface area contributed by atoms with Crippen LogP contribution in [0.1, 0.15) is 0 Å². The molecule has 0 aliphatic carbocycles. The summed E-state index contributed by atoms with van der Waals surface area (Å²) >= 11 is 1.45. The molecule has 1 saturated heterocycles. The highest BCUT2D eigenvalue weighted by Gasteiger charge is 2.35. The standard InChI is InChI=1S/C9H14N2O3S/c1-3-4-10(2)9(14)11-6-15-5-7(11)8(12)13/h3,7H,1,4-6H2,2H3,(H,12,13). The second-order valence-electron chi connectivity index (χ2n) is 3.28. The molecule has 5 nitrogen and oxygen atoms in total. The van der Waals surface area contributed by atoms with Crippen LogP contribution in [0, 0.1) is 0 Å².